The Balaban J connectivity index is 4.05. The minimum atomic E-state index is -6.79. The minimum absolute atomic E-state index is 0.0506. The van der Waals surface area contributed by atoms with Gasteiger partial charge in [0, 0.05) is 13.6 Å². The molecule has 0 aliphatic carbocycles. The van der Waals surface area contributed by atoms with Gasteiger partial charge in [-0.05, 0) is 38.3 Å². The normalized spacial score (nSPS) is 13.7. The third-order valence-electron chi connectivity index (χ3n) is 4.42. The number of hydrazone groups is 2. The van der Waals surface area contributed by atoms with Crippen LogP contribution in [-0.4, -0.2) is 106 Å². The molecular formula is C19H29F9N6O4S2. The molecular weight excluding hydrogens is 611 g/mol. The molecule has 0 saturated carbocycles. The smallest absolute Gasteiger partial charge is 0.377 e. The molecule has 0 amide bonds. The average Bonchev–Trinajstić information content (AvgIpc) is 2.83. The highest BCUT2D eigenvalue weighted by molar-refractivity contribution is 7.80. The Kier molecular flexibility index (Phi) is 16.8. The van der Waals surface area contributed by atoms with Crippen molar-refractivity contribution in [3.8, 4) is 0 Å². The molecule has 0 unspecified atom stereocenters. The lowest BCUT2D eigenvalue weighted by Gasteiger charge is -2.37. The number of ether oxygens (including phenoxy) is 4. The standard InChI is InChI=1S/C19H29F9N6O4S2/c1-12(31-33-14(39)29-3)13(2)32-34-15(40)30-4-5-35-6-7-36-8-9-37-10-11-38-16(17(20,21)22,18(23,24)25)19(26,27)28/h4-11H2,1-3H3,(H2,29,33,39)(H2,30,34,40)/b31-12+,32-13+. The molecule has 0 heterocycles. The Labute approximate surface area is 234 Å². The first kappa shape index (κ1) is 37.9. The first-order valence-electron chi connectivity index (χ1n) is 11.1. The zero-order valence-corrected chi connectivity index (χ0v) is 23.0. The fourth-order valence-electron chi connectivity index (χ4n) is 2.29. The molecule has 0 rings (SSSR count). The first-order chi connectivity index (χ1) is 18.4. The van der Waals surface area contributed by atoms with Crippen LogP contribution in [0.2, 0.25) is 0 Å². The number of thiocarbonyl (C=S) groups is 2. The van der Waals surface area contributed by atoms with Gasteiger partial charge in [0.2, 0.25) is 0 Å². The van der Waals surface area contributed by atoms with E-state index in [1.54, 1.807) is 20.9 Å². The lowest BCUT2D eigenvalue weighted by molar-refractivity contribution is -0.457. The predicted octanol–water partition coefficient (Wildman–Crippen LogP) is 2.79. The maximum Gasteiger partial charge on any atom is 0.435 e. The first-order valence-corrected chi connectivity index (χ1v) is 11.9. The van der Waals surface area contributed by atoms with Gasteiger partial charge in [0.25, 0.3) is 0 Å². The van der Waals surface area contributed by atoms with Crippen LogP contribution in [0.25, 0.3) is 0 Å². The second kappa shape index (κ2) is 17.7. The number of halogens is 9. The molecule has 0 fully saturated rings. The Morgan fingerprint density at radius 2 is 1.00 bits per heavy atom. The van der Waals surface area contributed by atoms with Crippen molar-refractivity contribution < 1.29 is 58.5 Å². The van der Waals surface area contributed by atoms with Gasteiger partial charge in [-0.15, -0.1) is 0 Å². The molecule has 4 N–H and O–H groups in total. The van der Waals surface area contributed by atoms with Gasteiger partial charge in [-0.3, -0.25) is 10.9 Å². The predicted molar refractivity (Wildman–Crippen MR) is 134 cm³/mol. The van der Waals surface area contributed by atoms with E-state index in [9.17, 15) is 39.5 Å². The summed E-state index contributed by atoms with van der Waals surface area (Å²) in [5.74, 6) is 0. The van der Waals surface area contributed by atoms with Crippen LogP contribution in [0.15, 0.2) is 10.2 Å². The van der Waals surface area contributed by atoms with E-state index in [4.69, 9.17) is 33.9 Å². The van der Waals surface area contributed by atoms with Crippen LogP contribution in [0.1, 0.15) is 13.8 Å². The van der Waals surface area contributed by atoms with Crippen molar-refractivity contribution in [1.82, 2.24) is 21.5 Å². The van der Waals surface area contributed by atoms with Crippen molar-refractivity contribution in [3.63, 3.8) is 0 Å². The summed E-state index contributed by atoms with van der Waals surface area (Å²) < 4.78 is 133. The Hall–Kier alpha value is -2.07. The van der Waals surface area contributed by atoms with Crippen molar-refractivity contribution in [3.05, 3.63) is 0 Å². The number of nitrogens with zero attached hydrogens (tertiary/aromatic N) is 2. The zero-order valence-electron chi connectivity index (χ0n) is 21.4. The van der Waals surface area contributed by atoms with E-state index < -0.39 is 37.3 Å². The molecule has 0 bridgehead atoms. The highest BCUT2D eigenvalue weighted by atomic mass is 32.1. The van der Waals surface area contributed by atoms with Gasteiger partial charge in [-0.25, -0.2) is 0 Å². The van der Waals surface area contributed by atoms with Crippen LogP contribution in [0.5, 0.6) is 0 Å². The fraction of sp³-hybridized carbons (Fsp3) is 0.789. The molecule has 0 radical (unpaired) electrons. The molecule has 0 aromatic carbocycles. The maximum atomic E-state index is 12.7. The fourth-order valence-corrected chi connectivity index (χ4v) is 2.48. The van der Waals surface area contributed by atoms with Crippen molar-refractivity contribution >= 4 is 46.1 Å². The van der Waals surface area contributed by atoms with Gasteiger partial charge in [0.05, 0.1) is 57.7 Å². The van der Waals surface area contributed by atoms with Gasteiger partial charge in [-0.2, -0.15) is 49.7 Å². The highest BCUT2D eigenvalue weighted by Crippen LogP contribution is 2.54. The number of hydrogen-bond donors (Lipinski definition) is 4. The van der Waals surface area contributed by atoms with Crippen molar-refractivity contribution in [2.24, 2.45) is 10.2 Å². The van der Waals surface area contributed by atoms with Crippen LogP contribution in [0.4, 0.5) is 39.5 Å². The number of nitrogens with one attached hydrogen (secondary N) is 4. The van der Waals surface area contributed by atoms with E-state index in [1.807, 2.05) is 0 Å². The molecule has 0 atom stereocenters. The van der Waals surface area contributed by atoms with Crippen LogP contribution >= 0.6 is 24.4 Å². The molecule has 0 aliphatic heterocycles. The summed E-state index contributed by atoms with van der Waals surface area (Å²) in [6.45, 7) is 1.01. The molecule has 0 aromatic rings. The molecule has 21 heteroatoms. The molecule has 10 nitrogen and oxygen atoms in total. The van der Waals surface area contributed by atoms with Gasteiger partial charge >= 0.3 is 24.1 Å². The summed E-state index contributed by atoms with van der Waals surface area (Å²) in [6.07, 6.45) is -20.4. The summed E-state index contributed by atoms with van der Waals surface area (Å²) in [7, 11) is 1.64. The molecule has 40 heavy (non-hydrogen) atoms. The number of alkyl halides is 9. The molecule has 0 saturated heterocycles. The Bertz CT molecular complexity index is 819. The van der Waals surface area contributed by atoms with Gasteiger partial charge < -0.3 is 29.6 Å². The van der Waals surface area contributed by atoms with E-state index in [0.29, 0.717) is 23.1 Å². The third kappa shape index (κ3) is 13.1. The summed E-state index contributed by atoms with van der Waals surface area (Å²) in [4.78, 5) is 0. The van der Waals surface area contributed by atoms with Gasteiger partial charge in [0.1, 0.15) is 0 Å². The number of rotatable bonds is 16. The molecule has 0 aromatic heterocycles. The van der Waals surface area contributed by atoms with Gasteiger partial charge in [-0.1, -0.05) is 0 Å². The quantitative estimate of drug-likeness (QED) is 0.0662. The minimum Gasteiger partial charge on any atom is -0.377 e. The lowest BCUT2D eigenvalue weighted by atomic mass is 10.0. The second-order valence-corrected chi connectivity index (χ2v) is 8.13. The van der Waals surface area contributed by atoms with Gasteiger partial charge in [0.15, 0.2) is 10.2 Å². The Morgan fingerprint density at radius 3 is 1.40 bits per heavy atom. The van der Waals surface area contributed by atoms with E-state index in [-0.39, 0.29) is 38.1 Å². The summed E-state index contributed by atoms with van der Waals surface area (Å²) >= 11 is 9.94. The number of hydrogen-bond acceptors (Lipinski definition) is 8. The molecule has 0 spiro atoms. The van der Waals surface area contributed by atoms with Crippen LogP contribution in [-0.2, 0) is 18.9 Å². The SMILES string of the molecule is CNC(=S)N/N=C(C)/C(C)=N/NC(=S)NCCOCCOCCOCCOC(C(F)(F)F)(C(F)(F)F)C(F)(F)F. The Morgan fingerprint density at radius 1 is 0.625 bits per heavy atom. The summed E-state index contributed by atoms with van der Waals surface area (Å²) in [5.41, 5.74) is -0.00293. The van der Waals surface area contributed by atoms with Crippen molar-refractivity contribution in [1.29, 1.82) is 0 Å². The second-order valence-electron chi connectivity index (χ2n) is 7.31. The van der Waals surface area contributed by atoms with Crippen molar-refractivity contribution in [2.75, 3.05) is 59.8 Å². The largest absolute Gasteiger partial charge is 0.435 e. The van der Waals surface area contributed by atoms with E-state index in [0.717, 1.165) is 0 Å². The molecule has 234 valence electrons. The summed E-state index contributed by atoms with van der Waals surface area (Å²) in [5, 5.41) is 14.1. The van der Waals surface area contributed by atoms with Crippen LogP contribution in [0.3, 0.4) is 0 Å². The average molecular weight is 641 g/mol. The summed E-state index contributed by atoms with van der Waals surface area (Å²) in [6, 6.07) is 0. The highest BCUT2D eigenvalue weighted by Gasteiger charge is 2.85. The van der Waals surface area contributed by atoms with Crippen LogP contribution < -0.4 is 21.5 Å². The van der Waals surface area contributed by atoms with Crippen molar-refractivity contribution in [2.45, 2.75) is 38.0 Å². The zero-order chi connectivity index (χ0) is 31.0. The van der Waals surface area contributed by atoms with E-state index in [2.05, 4.69) is 41.2 Å². The van der Waals surface area contributed by atoms with E-state index in [1.165, 1.54) is 0 Å². The molecule has 0 aliphatic rings. The van der Waals surface area contributed by atoms with Crippen LogP contribution in [0, 0.1) is 0 Å². The topological polar surface area (TPSA) is 110 Å². The maximum absolute atomic E-state index is 12.7. The van der Waals surface area contributed by atoms with E-state index >= 15 is 0 Å². The lowest BCUT2D eigenvalue weighted by Crippen LogP contribution is -2.68. The third-order valence-corrected chi connectivity index (χ3v) is 4.95. The monoisotopic (exact) mass is 640 g/mol.